The number of benzene rings is 1. The van der Waals surface area contributed by atoms with Gasteiger partial charge in [0, 0.05) is 30.5 Å². The Kier molecular flexibility index (Phi) is 4.68. The Morgan fingerprint density at radius 1 is 1.27 bits per heavy atom. The zero-order valence-electron chi connectivity index (χ0n) is 15.1. The number of aromatic nitrogens is 1. The predicted molar refractivity (Wildman–Crippen MR) is 99.0 cm³/mol. The number of carbonyl (C=O) groups is 1. The second-order valence-corrected chi connectivity index (χ2v) is 7.33. The molecule has 6 heteroatoms. The van der Waals surface area contributed by atoms with E-state index in [9.17, 15) is 4.79 Å². The lowest BCUT2D eigenvalue weighted by Crippen LogP contribution is -2.48. The molecule has 1 aromatic heterocycles. The van der Waals surface area contributed by atoms with Gasteiger partial charge < -0.3 is 19.8 Å². The molecule has 2 aliphatic rings. The van der Waals surface area contributed by atoms with Gasteiger partial charge in [-0.25, -0.2) is 9.78 Å². The van der Waals surface area contributed by atoms with Crippen molar-refractivity contribution >= 4 is 11.7 Å². The van der Waals surface area contributed by atoms with Crippen LogP contribution in [0.5, 0.6) is 0 Å². The average Bonchev–Trinajstić information content (AvgIpc) is 3.29. The van der Waals surface area contributed by atoms with Gasteiger partial charge in [-0.1, -0.05) is 12.5 Å². The molecular formula is C20H25N3O3. The van der Waals surface area contributed by atoms with Gasteiger partial charge in [0.05, 0.1) is 6.20 Å². The van der Waals surface area contributed by atoms with Gasteiger partial charge in [-0.15, -0.1) is 0 Å². The summed E-state index contributed by atoms with van der Waals surface area (Å²) in [5.41, 5.74) is 2.81. The number of nitrogens with zero attached hydrogens (tertiary/aromatic N) is 1. The number of urea groups is 1. The van der Waals surface area contributed by atoms with Gasteiger partial charge in [0.15, 0.2) is 0 Å². The molecule has 1 saturated heterocycles. The minimum absolute atomic E-state index is 0.143. The van der Waals surface area contributed by atoms with Crippen molar-refractivity contribution in [2.45, 2.75) is 45.1 Å². The minimum atomic E-state index is -0.143. The third-order valence-electron chi connectivity index (χ3n) is 5.95. The van der Waals surface area contributed by atoms with Crippen molar-refractivity contribution in [1.29, 1.82) is 0 Å². The second kappa shape index (κ2) is 7.11. The van der Waals surface area contributed by atoms with E-state index < -0.39 is 0 Å². The van der Waals surface area contributed by atoms with E-state index in [1.54, 1.807) is 12.5 Å². The van der Waals surface area contributed by atoms with Crippen LogP contribution in [0.25, 0.3) is 11.5 Å². The van der Waals surface area contributed by atoms with Gasteiger partial charge in [-0.2, -0.15) is 0 Å². The Hall–Kier alpha value is -2.34. The molecule has 1 aliphatic carbocycles. The first-order chi connectivity index (χ1) is 12.7. The maximum absolute atomic E-state index is 12.7. The summed E-state index contributed by atoms with van der Waals surface area (Å²) in [7, 11) is 0. The number of oxazole rings is 1. The summed E-state index contributed by atoms with van der Waals surface area (Å²) >= 11 is 0. The molecule has 138 valence electrons. The Labute approximate surface area is 153 Å². The van der Waals surface area contributed by atoms with Crippen molar-refractivity contribution in [1.82, 2.24) is 10.3 Å². The van der Waals surface area contributed by atoms with Crippen LogP contribution in [0, 0.1) is 12.3 Å². The fraction of sp³-hybridized carbons (Fsp3) is 0.500. The number of carbonyl (C=O) groups excluding carboxylic acids is 1. The maximum Gasteiger partial charge on any atom is 0.319 e. The Bertz CT molecular complexity index is 767. The summed E-state index contributed by atoms with van der Waals surface area (Å²) in [5.74, 6) is 0.559. The largest absolute Gasteiger partial charge is 0.445 e. The molecule has 2 N–H and O–H groups in total. The molecule has 1 aromatic carbocycles. The van der Waals surface area contributed by atoms with E-state index in [0.29, 0.717) is 5.89 Å². The van der Waals surface area contributed by atoms with Crippen LogP contribution in [0.3, 0.4) is 0 Å². The summed E-state index contributed by atoms with van der Waals surface area (Å²) in [4.78, 5) is 16.9. The molecule has 0 bridgehead atoms. The van der Waals surface area contributed by atoms with Crippen LogP contribution >= 0.6 is 0 Å². The first-order valence-corrected chi connectivity index (χ1v) is 9.33. The molecule has 1 saturated carbocycles. The molecular weight excluding hydrogens is 330 g/mol. The van der Waals surface area contributed by atoms with Gasteiger partial charge in [-0.05, 0) is 55.7 Å². The lowest BCUT2D eigenvalue weighted by molar-refractivity contribution is 0.00652. The molecule has 2 aromatic rings. The Morgan fingerprint density at radius 3 is 2.88 bits per heavy atom. The molecule has 0 radical (unpaired) electrons. The monoisotopic (exact) mass is 355 g/mol. The van der Waals surface area contributed by atoms with Gasteiger partial charge in [0.1, 0.15) is 6.26 Å². The zero-order chi connectivity index (χ0) is 18.0. The number of hydrogen-bond donors (Lipinski definition) is 2. The number of rotatable bonds is 3. The van der Waals surface area contributed by atoms with Crippen molar-refractivity contribution in [3.63, 3.8) is 0 Å². The van der Waals surface area contributed by atoms with Crippen molar-refractivity contribution in [2.24, 2.45) is 5.41 Å². The Morgan fingerprint density at radius 2 is 2.12 bits per heavy atom. The molecule has 4 rings (SSSR count). The highest BCUT2D eigenvalue weighted by Crippen LogP contribution is 2.46. The lowest BCUT2D eigenvalue weighted by Gasteiger charge is -2.39. The van der Waals surface area contributed by atoms with Crippen LogP contribution in [0.15, 0.2) is 35.1 Å². The van der Waals surface area contributed by atoms with Crippen molar-refractivity contribution in [3.8, 4) is 11.5 Å². The van der Waals surface area contributed by atoms with E-state index in [2.05, 4.69) is 15.6 Å². The standard InChI is InChI=1S/C20H25N3O3/c1-14-15(18-21-10-13-26-18)4-2-5-16(14)22-19(24)23-17-6-3-7-20(17)8-11-25-12-9-20/h2,4-5,10,13,17H,3,6-9,11-12H2,1H3,(H2,22,23,24). The Balaban J connectivity index is 1.46. The molecule has 1 atom stereocenters. The van der Waals surface area contributed by atoms with Crippen molar-refractivity contribution < 1.29 is 13.9 Å². The highest BCUT2D eigenvalue weighted by atomic mass is 16.5. The highest BCUT2D eigenvalue weighted by molar-refractivity contribution is 5.91. The van der Waals surface area contributed by atoms with Crippen LogP contribution in [-0.2, 0) is 4.74 Å². The lowest BCUT2D eigenvalue weighted by atomic mass is 9.75. The van der Waals surface area contributed by atoms with E-state index in [4.69, 9.17) is 9.15 Å². The maximum atomic E-state index is 12.7. The van der Waals surface area contributed by atoms with Crippen LogP contribution in [-0.4, -0.2) is 30.3 Å². The molecule has 6 nitrogen and oxygen atoms in total. The summed E-state index contributed by atoms with van der Waals surface area (Å²) in [6, 6.07) is 5.83. The van der Waals surface area contributed by atoms with Crippen LogP contribution in [0.1, 0.15) is 37.7 Å². The normalized spacial score (nSPS) is 21.7. The molecule has 1 aliphatic heterocycles. The van der Waals surface area contributed by atoms with Gasteiger partial charge in [-0.3, -0.25) is 0 Å². The number of anilines is 1. The van der Waals surface area contributed by atoms with E-state index in [1.165, 1.54) is 12.8 Å². The third kappa shape index (κ3) is 3.21. The number of nitrogens with one attached hydrogen (secondary N) is 2. The van der Waals surface area contributed by atoms with Crippen LogP contribution in [0.2, 0.25) is 0 Å². The number of ether oxygens (including phenoxy) is 1. The van der Waals surface area contributed by atoms with E-state index in [-0.39, 0.29) is 17.5 Å². The third-order valence-corrected chi connectivity index (χ3v) is 5.95. The first kappa shape index (κ1) is 17.1. The first-order valence-electron chi connectivity index (χ1n) is 9.33. The summed E-state index contributed by atoms with van der Waals surface area (Å²) < 4.78 is 10.9. The molecule has 2 amide bonds. The quantitative estimate of drug-likeness (QED) is 0.868. The van der Waals surface area contributed by atoms with Gasteiger partial charge >= 0.3 is 6.03 Å². The van der Waals surface area contributed by atoms with Gasteiger partial charge in [0.25, 0.3) is 0 Å². The molecule has 1 unspecified atom stereocenters. The average molecular weight is 355 g/mol. The molecule has 2 fully saturated rings. The smallest absolute Gasteiger partial charge is 0.319 e. The predicted octanol–water partition coefficient (Wildman–Crippen LogP) is 4.12. The summed E-state index contributed by atoms with van der Waals surface area (Å²) in [6.45, 7) is 3.57. The molecule has 2 heterocycles. The zero-order valence-corrected chi connectivity index (χ0v) is 15.1. The SMILES string of the molecule is Cc1c(NC(=O)NC2CCCC23CCOCC3)cccc1-c1ncco1. The van der Waals surface area contributed by atoms with Crippen molar-refractivity contribution in [3.05, 3.63) is 36.2 Å². The fourth-order valence-corrected chi connectivity index (χ4v) is 4.42. The van der Waals surface area contributed by atoms with Crippen LogP contribution in [0.4, 0.5) is 10.5 Å². The number of hydrogen-bond acceptors (Lipinski definition) is 4. The molecule has 1 spiro atoms. The molecule has 26 heavy (non-hydrogen) atoms. The van der Waals surface area contributed by atoms with E-state index in [0.717, 1.165) is 49.3 Å². The van der Waals surface area contributed by atoms with Crippen molar-refractivity contribution in [2.75, 3.05) is 18.5 Å². The fourth-order valence-electron chi connectivity index (χ4n) is 4.42. The van der Waals surface area contributed by atoms with E-state index >= 15 is 0 Å². The highest BCUT2D eigenvalue weighted by Gasteiger charge is 2.44. The second-order valence-electron chi connectivity index (χ2n) is 7.33. The number of amides is 2. The summed E-state index contributed by atoms with van der Waals surface area (Å²) in [5, 5.41) is 6.24. The summed E-state index contributed by atoms with van der Waals surface area (Å²) in [6.07, 6.45) is 8.64. The van der Waals surface area contributed by atoms with Gasteiger partial charge in [0.2, 0.25) is 5.89 Å². The van der Waals surface area contributed by atoms with E-state index in [1.807, 2.05) is 25.1 Å². The minimum Gasteiger partial charge on any atom is -0.445 e. The van der Waals surface area contributed by atoms with Crippen LogP contribution < -0.4 is 10.6 Å². The topological polar surface area (TPSA) is 76.4 Å².